The van der Waals surface area contributed by atoms with Crippen LogP contribution in [-0.4, -0.2) is 15.8 Å². The minimum atomic E-state index is 0.0447. The largest absolute Gasteiger partial charge is 0.340 e. The number of carbonyl (C=O) groups is 1. The number of rotatable bonds is 6. The summed E-state index contributed by atoms with van der Waals surface area (Å²) < 4.78 is 0. The van der Waals surface area contributed by atoms with Gasteiger partial charge in [-0.25, -0.2) is 4.98 Å². The van der Waals surface area contributed by atoms with Gasteiger partial charge in [0.25, 0.3) is 0 Å². The van der Waals surface area contributed by atoms with E-state index in [4.69, 9.17) is 0 Å². The number of ketones is 1. The molecule has 0 aliphatic carbocycles. The van der Waals surface area contributed by atoms with E-state index in [9.17, 15) is 4.79 Å². The minimum absolute atomic E-state index is 0.0447. The van der Waals surface area contributed by atoms with E-state index in [0.717, 1.165) is 22.9 Å². The van der Waals surface area contributed by atoms with Crippen LogP contribution in [0.3, 0.4) is 0 Å². The Balaban J connectivity index is 1.76. The molecule has 5 nitrogen and oxygen atoms in total. The van der Waals surface area contributed by atoms with Gasteiger partial charge in [-0.1, -0.05) is 26.0 Å². The van der Waals surface area contributed by atoms with Gasteiger partial charge in [0.05, 0.1) is 0 Å². The highest BCUT2D eigenvalue weighted by molar-refractivity contribution is 5.94. The Morgan fingerprint density at radius 2 is 1.48 bits per heavy atom. The third kappa shape index (κ3) is 4.91. The van der Waals surface area contributed by atoms with Crippen LogP contribution in [-0.2, 0) is 0 Å². The van der Waals surface area contributed by atoms with Gasteiger partial charge in [0, 0.05) is 28.7 Å². The fourth-order valence-corrected chi connectivity index (χ4v) is 2.71. The molecular weight excluding hydrogens is 336 g/mol. The number of aryl methyl sites for hydroxylation is 1. The number of benzene rings is 2. The molecule has 0 radical (unpaired) electrons. The van der Waals surface area contributed by atoms with Crippen molar-refractivity contribution in [3.05, 3.63) is 71.4 Å². The lowest BCUT2D eigenvalue weighted by Gasteiger charge is -2.11. The Hall–Kier alpha value is -3.21. The molecule has 3 aromatic rings. The molecule has 0 atom stereocenters. The molecule has 0 amide bonds. The molecule has 0 spiro atoms. The van der Waals surface area contributed by atoms with E-state index >= 15 is 0 Å². The van der Waals surface area contributed by atoms with Crippen molar-refractivity contribution in [1.82, 2.24) is 9.97 Å². The van der Waals surface area contributed by atoms with Crippen molar-refractivity contribution in [2.45, 2.75) is 33.6 Å². The SMILES string of the molecule is CC(=O)c1ccc(Nc2nc(C)cc(Nc3ccc(C(C)C)cc3)n2)cc1. The van der Waals surface area contributed by atoms with Gasteiger partial charge < -0.3 is 10.6 Å². The molecule has 3 rings (SSSR count). The Morgan fingerprint density at radius 3 is 2.07 bits per heavy atom. The standard InChI is InChI=1S/C22H24N4O/c1-14(2)17-5-9-19(10-6-17)24-21-13-15(3)23-22(26-21)25-20-11-7-18(8-12-20)16(4)27/h5-14H,1-4H3,(H2,23,24,25,26). The molecule has 0 saturated heterocycles. The zero-order chi connectivity index (χ0) is 19.4. The van der Waals surface area contributed by atoms with Gasteiger partial charge in [0.1, 0.15) is 5.82 Å². The van der Waals surface area contributed by atoms with Gasteiger partial charge in [-0.05, 0) is 61.7 Å². The predicted molar refractivity (Wildman–Crippen MR) is 110 cm³/mol. The van der Waals surface area contributed by atoms with Crippen LogP contribution in [0.1, 0.15) is 48.3 Å². The number of carbonyl (C=O) groups excluding carboxylic acids is 1. The highest BCUT2D eigenvalue weighted by Crippen LogP contribution is 2.22. The summed E-state index contributed by atoms with van der Waals surface area (Å²) >= 11 is 0. The van der Waals surface area contributed by atoms with Crippen LogP contribution in [0.4, 0.5) is 23.1 Å². The maximum atomic E-state index is 11.4. The molecule has 0 fully saturated rings. The van der Waals surface area contributed by atoms with E-state index in [1.54, 1.807) is 19.1 Å². The van der Waals surface area contributed by atoms with Gasteiger partial charge in [-0.2, -0.15) is 4.98 Å². The first-order chi connectivity index (χ1) is 12.9. The smallest absolute Gasteiger partial charge is 0.229 e. The molecule has 0 saturated carbocycles. The molecule has 1 heterocycles. The van der Waals surface area contributed by atoms with Crippen LogP contribution in [0.15, 0.2) is 54.6 Å². The molecule has 0 bridgehead atoms. The summed E-state index contributed by atoms with van der Waals surface area (Å²) in [5.41, 5.74) is 4.65. The summed E-state index contributed by atoms with van der Waals surface area (Å²) in [6.45, 7) is 7.84. The lowest BCUT2D eigenvalue weighted by Crippen LogP contribution is -2.03. The quantitative estimate of drug-likeness (QED) is 0.560. The van der Waals surface area contributed by atoms with E-state index in [-0.39, 0.29) is 5.78 Å². The second-order valence-electron chi connectivity index (χ2n) is 6.88. The van der Waals surface area contributed by atoms with Crippen molar-refractivity contribution in [2.75, 3.05) is 10.6 Å². The van der Waals surface area contributed by atoms with Gasteiger partial charge in [0.2, 0.25) is 5.95 Å². The van der Waals surface area contributed by atoms with E-state index in [1.807, 2.05) is 25.1 Å². The summed E-state index contributed by atoms with van der Waals surface area (Å²) in [6, 6.07) is 17.5. The van der Waals surface area contributed by atoms with E-state index in [2.05, 4.69) is 58.7 Å². The topological polar surface area (TPSA) is 66.9 Å². The first-order valence-corrected chi connectivity index (χ1v) is 9.01. The number of Topliss-reactive ketones (excluding diaryl/α,β-unsaturated/α-hetero) is 1. The fourth-order valence-electron chi connectivity index (χ4n) is 2.71. The normalized spacial score (nSPS) is 10.7. The summed E-state index contributed by atoms with van der Waals surface area (Å²) in [5.74, 6) is 1.78. The maximum Gasteiger partial charge on any atom is 0.229 e. The average Bonchev–Trinajstić information content (AvgIpc) is 2.62. The van der Waals surface area contributed by atoms with Crippen LogP contribution < -0.4 is 10.6 Å². The number of nitrogens with one attached hydrogen (secondary N) is 2. The van der Waals surface area contributed by atoms with E-state index in [0.29, 0.717) is 17.4 Å². The molecular formula is C22H24N4O. The van der Waals surface area contributed by atoms with Crippen LogP contribution in [0.25, 0.3) is 0 Å². The number of anilines is 4. The Bertz CT molecular complexity index is 932. The van der Waals surface area contributed by atoms with E-state index in [1.165, 1.54) is 5.56 Å². The second kappa shape index (κ2) is 7.99. The molecule has 2 aromatic carbocycles. The zero-order valence-electron chi connectivity index (χ0n) is 16.1. The number of nitrogens with zero attached hydrogens (tertiary/aromatic N) is 2. The summed E-state index contributed by atoms with van der Waals surface area (Å²) in [5, 5.41) is 6.51. The van der Waals surface area contributed by atoms with Gasteiger partial charge in [0.15, 0.2) is 5.78 Å². The molecule has 1 aromatic heterocycles. The number of hydrogen-bond acceptors (Lipinski definition) is 5. The summed E-state index contributed by atoms with van der Waals surface area (Å²) in [6.07, 6.45) is 0. The first kappa shape index (κ1) is 18.6. The third-order valence-electron chi connectivity index (χ3n) is 4.25. The Labute approximate surface area is 159 Å². The molecule has 0 unspecified atom stereocenters. The van der Waals surface area contributed by atoms with Gasteiger partial charge >= 0.3 is 0 Å². The van der Waals surface area contributed by atoms with Crippen LogP contribution in [0.2, 0.25) is 0 Å². The van der Waals surface area contributed by atoms with Crippen molar-refractivity contribution in [3.8, 4) is 0 Å². The van der Waals surface area contributed by atoms with Crippen LogP contribution in [0.5, 0.6) is 0 Å². The highest BCUT2D eigenvalue weighted by atomic mass is 16.1. The fraction of sp³-hybridized carbons (Fsp3) is 0.227. The van der Waals surface area contributed by atoms with Crippen molar-refractivity contribution < 1.29 is 4.79 Å². The maximum absolute atomic E-state index is 11.4. The summed E-state index contributed by atoms with van der Waals surface area (Å²) in [4.78, 5) is 20.4. The number of aromatic nitrogens is 2. The third-order valence-corrected chi connectivity index (χ3v) is 4.25. The lowest BCUT2D eigenvalue weighted by molar-refractivity contribution is 0.101. The van der Waals surface area contributed by atoms with E-state index < -0.39 is 0 Å². The molecule has 0 aliphatic rings. The lowest BCUT2D eigenvalue weighted by atomic mass is 10.0. The van der Waals surface area contributed by atoms with Crippen molar-refractivity contribution in [1.29, 1.82) is 0 Å². The Kier molecular flexibility index (Phi) is 5.50. The monoisotopic (exact) mass is 360 g/mol. The van der Waals surface area contributed by atoms with Crippen molar-refractivity contribution >= 4 is 28.9 Å². The second-order valence-corrected chi connectivity index (χ2v) is 6.88. The minimum Gasteiger partial charge on any atom is -0.340 e. The van der Waals surface area contributed by atoms with Crippen molar-refractivity contribution in [2.24, 2.45) is 0 Å². The van der Waals surface area contributed by atoms with Crippen LogP contribution >= 0.6 is 0 Å². The van der Waals surface area contributed by atoms with Gasteiger partial charge in [-0.15, -0.1) is 0 Å². The summed E-state index contributed by atoms with van der Waals surface area (Å²) in [7, 11) is 0. The van der Waals surface area contributed by atoms with Gasteiger partial charge in [-0.3, -0.25) is 4.79 Å². The van der Waals surface area contributed by atoms with Crippen LogP contribution in [0, 0.1) is 6.92 Å². The average molecular weight is 360 g/mol. The predicted octanol–water partition coefficient (Wildman–Crippen LogP) is 5.60. The molecule has 0 aliphatic heterocycles. The molecule has 27 heavy (non-hydrogen) atoms. The highest BCUT2D eigenvalue weighted by Gasteiger charge is 2.05. The number of hydrogen-bond donors (Lipinski definition) is 2. The zero-order valence-corrected chi connectivity index (χ0v) is 16.1. The molecule has 2 N–H and O–H groups in total. The van der Waals surface area contributed by atoms with Crippen molar-refractivity contribution in [3.63, 3.8) is 0 Å². The first-order valence-electron chi connectivity index (χ1n) is 9.01. The molecule has 138 valence electrons. The Morgan fingerprint density at radius 1 is 0.889 bits per heavy atom. The molecule has 5 heteroatoms.